The van der Waals surface area contributed by atoms with Gasteiger partial charge in [0.05, 0.1) is 17.8 Å². The number of hydrogen-bond acceptors (Lipinski definition) is 6. The highest BCUT2D eigenvalue weighted by Crippen LogP contribution is 2.34. The Morgan fingerprint density at radius 2 is 1.65 bits per heavy atom. The molecule has 0 aliphatic carbocycles. The van der Waals surface area contributed by atoms with Crippen molar-refractivity contribution >= 4 is 39.5 Å². The third-order valence-corrected chi connectivity index (χ3v) is 6.57. The number of aromatic nitrogens is 4. The molecule has 0 saturated heterocycles. The standard InChI is InChI=1S/C29H22N6OS/c36-25(18-20-8-3-1-4-9-20)31-23-13-7-10-21(19-23)26-27(35-16-17-37-29(35)34-26)24-14-15-30-28(33-24)32-22-11-5-2-6-12-22/h1-17,19H,18H2,(H,31,36)(H,30,32,33). The third-order valence-electron chi connectivity index (χ3n) is 5.82. The van der Waals surface area contributed by atoms with Crippen molar-refractivity contribution in [2.75, 3.05) is 10.6 Å². The number of rotatable bonds is 7. The van der Waals surface area contributed by atoms with Crippen molar-refractivity contribution in [2.45, 2.75) is 6.42 Å². The molecule has 0 aliphatic heterocycles. The number of benzene rings is 3. The number of thiazole rings is 1. The van der Waals surface area contributed by atoms with Gasteiger partial charge in [0.25, 0.3) is 0 Å². The van der Waals surface area contributed by atoms with Crippen molar-refractivity contribution in [1.82, 2.24) is 19.4 Å². The quantitative estimate of drug-likeness (QED) is 0.262. The summed E-state index contributed by atoms with van der Waals surface area (Å²) in [6.45, 7) is 0. The third kappa shape index (κ3) is 4.96. The first-order valence-electron chi connectivity index (χ1n) is 11.8. The topological polar surface area (TPSA) is 84.2 Å². The van der Waals surface area contributed by atoms with E-state index in [-0.39, 0.29) is 5.91 Å². The highest BCUT2D eigenvalue weighted by molar-refractivity contribution is 7.15. The molecule has 7 nitrogen and oxygen atoms in total. The molecular formula is C29H22N6OS. The molecule has 0 radical (unpaired) electrons. The molecule has 6 aromatic rings. The molecule has 3 aromatic heterocycles. The number of anilines is 3. The fraction of sp³-hybridized carbons (Fsp3) is 0.0345. The molecule has 0 aliphatic rings. The Bertz CT molecular complexity index is 1680. The lowest BCUT2D eigenvalue weighted by Crippen LogP contribution is -2.14. The Morgan fingerprint density at radius 3 is 2.49 bits per heavy atom. The van der Waals surface area contributed by atoms with Crippen molar-refractivity contribution < 1.29 is 4.79 Å². The Kier molecular flexibility index (Phi) is 6.14. The maximum atomic E-state index is 12.7. The van der Waals surface area contributed by atoms with E-state index in [0.29, 0.717) is 12.4 Å². The minimum atomic E-state index is -0.0678. The van der Waals surface area contributed by atoms with Crippen LogP contribution in [0.25, 0.3) is 27.6 Å². The Hall–Kier alpha value is -4.82. The average molecular weight is 503 g/mol. The van der Waals surface area contributed by atoms with Gasteiger partial charge in [0, 0.05) is 34.7 Å². The van der Waals surface area contributed by atoms with E-state index in [1.54, 1.807) is 17.5 Å². The number of imidazole rings is 1. The van der Waals surface area contributed by atoms with Gasteiger partial charge in [-0.1, -0.05) is 60.7 Å². The summed E-state index contributed by atoms with van der Waals surface area (Å²) >= 11 is 1.56. The van der Waals surface area contributed by atoms with Crippen LogP contribution in [0.3, 0.4) is 0 Å². The van der Waals surface area contributed by atoms with Crippen molar-refractivity contribution in [3.63, 3.8) is 0 Å². The number of nitrogens with zero attached hydrogens (tertiary/aromatic N) is 4. The highest BCUT2D eigenvalue weighted by atomic mass is 32.1. The van der Waals surface area contributed by atoms with Crippen LogP contribution in [0.1, 0.15) is 5.56 Å². The van der Waals surface area contributed by atoms with Gasteiger partial charge in [0.2, 0.25) is 11.9 Å². The summed E-state index contributed by atoms with van der Waals surface area (Å²) < 4.78 is 2.04. The van der Waals surface area contributed by atoms with E-state index in [1.165, 1.54) is 0 Å². The molecule has 180 valence electrons. The number of fused-ring (bicyclic) bond motifs is 1. The van der Waals surface area contributed by atoms with Crippen LogP contribution in [0, 0.1) is 0 Å². The molecule has 3 heterocycles. The minimum Gasteiger partial charge on any atom is -0.326 e. The van der Waals surface area contributed by atoms with Gasteiger partial charge in [-0.15, -0.1) is 11.3 Å². The number of carbonyl (C=O) groups is 1. The monoisotopic (exact) mass is 502 g/mol. The van der Waals surface area contributed by atoms with Gasteiger partial charge >= 0.3 is 0 Å². The first kappa shape index (κ1) is 22.6. The van der Waals surface area contributed by atoms with Crippen molar-refractivity contribution in [3.05, 3.63) is 114 Å². The molecular weight excluding hydrogens is 480 g/mol. The normalized spacial score (nSPS) is 10.9. The molecule has 0 spiro atoms. The fourth-order valence-corrected chi connectivity index (χ4v) is 4.88. The van der Waals surface area contributed by atoms with Crippen LogP contribution in [0.2, 0.25) is 0 Å². The molecule has 3 aromatic carbocycles. The van der Waals surface area contributed by atoms with Crippen LogP contribution in [-0.2, 0) is 11.2 Å². The van der Waals surface area contributed by atoms with E-state index < -0.39 is 0 Å². The van der Waals surface area contributed by atoms with Gasteiger partial charge in [-0.05, 0) is 35.9 Å². The van der Waals surface area contributed by atoms with E-state index in [9.17, 15) is 4.79 Å². The number of nitrogens with one attached hydrogen (secondary N) is 2. The summed E-state index contributed by atoms with van der Waals surface area (Å²) in [7, 11) is 0. The number of amides is 1. The number of para-hydroxylation sites is 1. The lowest BCUT2D eigenvalue weighted by molar-refractivity contribution is -0.115. The van der Waals surface area contributed by atoms with Gasteiger partial charge in [-0.25, -0.2) is 15.0 Å². The SMILES string of the molecule is O=C(Cc1ccccc1)Nc1cccc(-c2nc3sccn3c2-c2ccnc(Nc3ccccc3)n2)c1. The summed E-state index contributed by atoms with van der Waals surface area (Å²) in [6.07, 6.45) is 4.04. The summed E-state index contributed by atoms with van der Waals surface area (Å²) in [4.78, 5) is 27.6. The van der Waals surface area contributed by atoms with E-state index in [4.69, 9.17) is 9.97 Å². The first-order valence-corrected chi connectivity index (χ1v) is 12.7. The first-order chi connectivity index (χ1) is 18.2. The largest absolute Gasteiger partial charge is 0.326 e. The molecule has 37 heavy (non-hydrogen) atoms. The number of hydrogen-bond donors (Lipinski definition) is 2. The predicted octanol–water partition coefficient (Wildman–Crippen LogP) is 6.44. The summed E-state index contributed by atoms with van der Waals surface area (Å²) in [5.74, 6) is 0.434. The second-order valence-corrected chi connectivity index (χ2v) is 9.29. The lowest BCUT2D eigenvalue weighted by atomic mass is 10.1. The van der Waals surface area contributed by atoms with Crippen LogP contribution >= 0.6 is 11.3 Å². The molecule has 0 fully saturated rings. The van der Waals surface area contributed by atoms with E-state index in [2.05, 4.69) is 15.6 Å². The Morgan fingerprint density at radius 1 is 0.865 bits per heavy atom. The Labute approximate surface area is 217 Å². The van der Waals surface area contributed by atoms with E-state index >= 15 is 0 Å². The zero-order valence-corrected chi connectivity index (χ0v) is 20.5. The highest BCUT2D eigenvalue weighted by Gasteiger charge is 2.19. The molecule has 1 amide bonds. The molecule has 0 unspecified atom stereocenters. The van der Waals surface area contributed by atoms with Crippen LogP contribution < -0.4 is 10.6 Å². The zero-order chi connectivity index (χ0) is 25.0. The average Bonchev–Trinajstić information content (AvgIpc) is 3.52. The molecule has 0 bridgehead atoms. The summed E-state index contributed by atoms with van der Waals surface area (Å²) in [5.41, 5.74) is 5.88. The van der Waals surface area contributed by atoms with Crippen LogP contribution in [-0.4, -0.2) is 25.3 Å². The van der Waals surface area contributed by atoms with Crippen LogP contribution in [0.4, 0.5) is 17.3 Å². The molecule has 0 saturated carbocycles. The lowest BCUT2D eigenvalue weighted by Gasteiger charge is -2.09. The van der Waals surface area contributed by atoms with E-state index in [0.717, 1.165) is 44.5 Å². The second kappa shape index (κ2) is 10.0. The molecule has 6 rings (SSSR count). The second-order valence-electron chi connectivity index (χ2n) is 8.41. The Balaban J connectivity index is 1.33. The maximum absolute atomic E-state index is 12.7. The van der Waals surface area contributed by atoms with Crippen molar-refractivity contribution in [1.29, 1.82) is 0 Å². The smallest absolute Gasteiger partial charge is 0.228 e. The number of carbonyl (C=O) groups excluding carboxylic acids is 1. The molecule has 2 N–H and O–H groups in total. The summed E-state index contributed by atoms with van der Waals surface area (Å²) in [5, 5.41) is 8.28. The van der Waals surface area contributed by atoms with Gasteiger partial charge in [-0.2, -0.15) is 0 Å². The fourth-order valence-electron chi connectivity index (χ4n) is 4.16. The van der Waals surface area contributed by atoms with Crippen molar-refractivity contribution in [2.24, 2.45) is 0 Å². The van der Waals surface area contributed by atoms with Gasteiger partial charge < -0.3 is 10.6 Å². The van der Waals surface area contributed by atoms with Gasteiger partial charge in [0.1, 0.15) is 5.69 Å². The van der Waals surface area contributed by atoms with Gasteiger partial charge in [-0.3, -0.25) is 9.20 Å². The minimum absolute atomic E-state index is 0.0678. The van der Waals surface area contributed by atoms with Crippen LogP contribution in [0.15, 0.2) is 109 Å². The predicted molar refractivity (Wildman–Crippen MR) is 148 cm³/mol. The van der Waals surface area contributed by atoms with Crippen LogP contribution in [0.5, 0.6) is 0 Å². The molecule has 8 heteroatoms. The van der Waals surface area contributed by atoms with Gasteiger partial charge in [0.15, 0.2) is 4.96 Å². The zero-order valence-electron chi connectivity index (χ0n) is 19.7. The molecule has 0 atom stereocenters. The maximum Gasteiger partial charge on any atom is 0.228 e. The van der Waals surface area contributed by atoms with E-state index in [1.807, 2.05) is 107 Å². The van der Waals surface area contributed by atoms with Crippen molar-refractivity contribution in [3.8, 4) is 22.6 Å². The summed E-state index contributed by atoms with van der Waals surface area (Å²) in [6, 6.07) is 29.2.